The molecule has 20 heavy (non-hydrogen) atoms. The Hall–Kier alpha value is -0.650. The van der Waals surface area contributed by atoms with E-state index in [1.54, 1.807) is 0 Å². The molecular formula is C15H29N3O2. The van der Waals surface area contributed by atoms with Crippen molar-refractivity contribution in [1.82, 2.24) is 14.7 Å². The molecule has 0 spiro atoms. The zero-order valence-electron chi connectivity index (χ0n) is 13.1. The first kappa shape index (κ1) is 15.7. The van der Waals surface area contributed by atoms with E-state index >= 15 is 0 Å². The smallest absolute Gasteiger partial charge is 0.236 e. The van der Waals surface area contributed by atoms with Gasteiger partial charge in [-0.1, -0.05) is 0 Å². The zero-order valence-corrected chi connectivity index (χ0v) is 13.1. The average molecular weight is 283 g/mol. The molecule has 1 N–H and O–H groups in total. The summed E-state index contributed by atoms with van der Waals surface area (Å²) < 4.78 is 0. The number of likely N-dealkylation sites (N-methyl/N-ethyl adjacent to an activating group) is 1. The Bertz CT molecular complexity index is 327. The van der Waals surface area contributed by atoms with Crippen LogP contribution in [0.5, 0.6) is 0 Å². The summed E-state index contributed by atoms with van der Waals surface area (Å²) in [7, 11) is 1.99. The number of carbonyl (C=O) groups excluding carboxylic acids is 1. The van der Waals surface area contributed by atoms with E-state index in [1.807, 2.05) is 11.9 Å². The highest BCUT2D eigenvalue weighted by molar-refractivity contribution is 5.78. The first-order valence-corrected chi connectivity index (χ1v) is 7.89. The van der Waals surface area contributed by atoms with Gasteiger partial charge in [0, 0.05) is 38.3 Å². The molecule has 1 amide bonds. The third-order valence-corrected chi connectivity index (χ3v) is 4.85. The van der Waals surface area contributed by atoms with Gasteiger partial charge in [0.15, 0.2) is 0 Å². The molecular weight excluding hydrogens is 254 g/mol. The molecule has 0 aromatic heterocycles. The molecule has 1 aliphatic heterocycles. The second kappa shape index (κ2) is 6.87. The Morgan fingerprint density at radius 2 is 1.90 bits per heavy atom. The van der Waals surface area contributed by atoms with E-state index in [1.165, 1.54) is 0 Å². The molecule has 1 aliphatic carbocycles. The summed E-state index contributed by atoms with van der Waals surface area (Å²) in [6, 6.07) is 0.722. The molecule has 5 nitrogen and oxygen atoms in total. The van der Waals surface area contributed by atoms with E-state index < -0.39 is 0 Å². The summed E-state index contributed by atoms with van der Waals surface area (Å²) in [4.78, 5) is 18.6. The van der Waals surface area contributed by atoms with Gasteiger partial charge in [-0.25, -0.2) is 0 Å². The summed E-state index contributed by atoms with van der Waals surface area (Å²) >= 11 is 0. The van der Waals surface area contributed by atoms with Crippen LogP contribution in [0.1, 0.15) is 33.1 Å². The van der Waals surface area contributed by atoms with Crippen molar-refractivity contribution in [1.29, 1.82) is 0 Å². The molecule has 0 aromatic rings. The molecule has 2 atom stereocenters. The summed E-state index contributed by atoms with van der Waals surface area (Å²) in [5.74, 6) is 0.229. The molecule has 1 saturated carbocycles. The fourth-order valence-corrected chi connectivity index (χ4v) is 3.15. The van der Waals surface area contributed by atoms with E-state index in [4.69, 9.17) is 0 Å². The standard InChI is InChI=1S/C15H29N3O2/c1-12(2)16(3)11-15(20)18-9-7-17(8-10-18)13-5-4-6-14(13)19/h12-14,19H,4-11H2,1-3H3/t13-,14-/m1/s1. The van der Waals surface area contributed by atoms with Crippen molar-refractivity contribution >= 4 is 5.91 Å². The van der Waals surface area contributed by atoms with Gasteiger partial charge in [-0.15, -0.1) is 0 Å². The summed E-state index contributed by atoms with van der Waals surface area (Å²) in [5.41, 5.74) is 0. The number of amides is 1. The van der Waals surface area contributed by atoms with Gasteiger partial charge in [0.1, 0.15) is 0 Å². The Balaban J connectivity index is 1.77. The Kier molecular flexibility index (Phi) is 5.41. The van der Waals surface area contributed by atoms with Crippen molar-refractivity contribution in [3.8, 4) is 0 Å². The summed E-state index contributed by atoms with van der Waals surface area (Å²) in [6.07, 6.45) is 3.00. The number of carbonyl (C=O) groups is 1. The fraction of sp³-hybridized carbons (Fsp3) is 0.933. The summed E-state index contributed by atoms with van der Waals surface area (Å²) in [5, 5.41) is 9.97. The largest absolute Gasteiger partial charge is 0.391 e. The Labute approximate surface area is 122 Å². The predicted molar refractivity (Wildman–Crippen MR) is 79.6 cm³/mol. The quantitative estimate of drug-likeness (QED) is 0.810. The molecule has 0 radical (unpaired) electrons. The van der Waals surface area contributed by atoms with Crippen molar-refractivity contribution in [3.63, 3.8) is 0 Å². The van der Waals surface area contributed by atoms with Crippen LogP contribution in [0.15, 0.2) is 0 Å². The van der Waals surface area contributed by atoms with Crippen LogP contribution in [0.25, 0.3) is 0 Å². The predicted octanol–water partition coefficient (Wildman–Crippen LogP) is 0.384. The van der Waals surface area contributed by atoms with E-state index in [2.05, 4.69) is 23.6 Å². The van der Waals surface area contributed by atoms with Crippen LogP contribution in [0.4, 0.5) is 0 Å². The summed E-state index contributed by atoms with van der Waals surface area (Å²) in [6.45, 7) is 8.11. The Morgan fingerprint density at radius 3 is 2.40 bits per heavy atom. The molecule has 0 unspecified atom stereocenters. The first-order valence-electron chi connectivity index (χ1n) is 7.89. The monoisotopic (exact) mass is 283 g/mol. The maximum atomic E-state index is 12.2. The number of aliphatic hydroxyl groups excluding tert-OH is 1. The van der Waals surface area contributed by atoms with E-state index in [-0.39, 0.29) is 12.0 Å². The number of nitrogens with zero attached hydrogens (tertiary/aromatic N) is 3. The number of piperazine rings is 1. The van der Waals surface area contributed by atoms with Crippen LogP contribution < -0.4 is 0 Å². The topological polar surface area (TPSA) is 47.0 Å². The van der Waals surface area contributed by atoms with Gasteiger partial charge in [0.05, 0.1) is 12.6 Å². The van der Waals surface area contributed by atoms with Gasteiger partial charge in [-0.2, -0.15) is 0 Å². The normalized spacial score (nSPS) is 28.6. The van der Waals surface area contributed by atoms with Gasteiger partial charge in [-0.3, -0.25) is 14.6 Å². The van der Waals surface area contributed by atoms with Crippen molar-refractivity contribution in [3.05, 3.63) is 0 Å². The van der Waals surface area contributed by atoms with Gasteiger partial charge < -0.3 is 10.0 Å². The van der Waals surface area contributed by atoms with Crippen LogP contribution in [0, 0.1) is 0 Å². The highest BCUT2D eigenvalue weighted by Gasteiger charge is 2.33. The average Bonchev–Trinajstić information content (AvgIpc) is 2.85. The highest BCUT2D eigenvalue weighted by Crippen LogP contribution is 2.25. The molecule has 0 aromatic carbocycles. The lowest BCUT2D eigenvalue weighted by Gasteiger charge is -2.39. The zero-order chi connectivity index (χ0) is 14.7. The van der Waals surface area contributed by atoms with Crippen molar-refractivity contribution in [2.75, 3.05) is 39.8 Å². The SMILES string of the molecule is CC(C)N(C)CC(=O)N1CCN([C@@H]2CCC[C@H]2O)CC1. The maximum absolute atomic E-state index is 12.2. The minimum absolute atomic E-state index is 0.163. The molecule has 0 bridgehead atoms. The van der Waals surface area contributed by atoms with Crippen LogP contribution in [0.2, 0.25) is 0 Å². The van der Waals surface area contributed by atoms with Gasteiger partial charge in [0.2, 0.25) is 5.91 Å². The van der Waals surface area contributed by atoms with E-state index in [0.717, 1.165) is 45.4 Å². The van der Waals surface area contributed by atoms with Gasteiger partial charge >= 0.3 is 0 Å². The molecule has 2 fully saturated rings. The molecule has 2 aliphatic rings. The molecule has 1 heterocycles. The Morgan fingerprint density at radius 1 is 1.25 bits per heavy atom. The molecule has 116 valence electrons. The number of aliphatic hydroxyl groups is 1. The fourth-order valence-electron chi connectivity index (χ4n) is 3.15. The highest BCUT2D eigenvalue weighted by atomic mass is 16.3. The van der Waals surface area contributed by atoms with Crippen LogP contribution in [-0.2, 0) is 4.79 Å². The second-order valence-electron chi connectivity index (χ2n) is 6.49. The lowest BCUT2D eigenvalue weighted by Crippen LogP contribution is -2.55. The van der Waals surface area contributed by atoms with E-state index in [9.17, 15) is 9.90 Å². The maximum Gasteiger partial charge on any atom is 0.236 e. The molecule has 5 heteroatoms. The third-order valence-electron chi connectivity index (χ3n) is 4.85. The number of rotatable bonds is 4. The van der Waals surface area contributed by atoms with Gasteiger partial charge in [0.25, 0.3) is 0 Å². The number of hydrogen-bond acceptors (Lipinski definition) is 4. The third kappa shape index (κ3) is 3.71. The molecule has 2 rings (SSSR count). The van der Waals surface area contributed by atoms with Crippen LogP contribution in [0.3, 0.4) is 0 Å². The minimum atomic E-state index is -0.163. The van der Waals surface area contributed by atoms with Gasteiger partial charge in [-0.05, 0) is 40.2 Å². The van der Waals surface area contributed by atoms with E-state index in [0.29, 0.717) is 18.6 Å². The van der Waals surface area contributed by atoms with Crippen molar-refractivity contribution in [2.24, 2.45) is 0 Å². The minimum Gasteiger partial charge on any atom is -0.391 e. The van der Waals surface area contributed by atoms with Crippen LogP contribution >= 0.6 is 0 Å². The van der Waals surface area contributed by atoms with Crippen molar-refractivity contribution < 1.29 is 9.90 Å². The first-order chi connectivity index (χ1) is 9.49. The molecule has 1 saturated heterocycles. The lowest BCUT2D eigenvalue weighted by molar-refractivity contribution is -0.134. The second-order valence-corrected chi connectivity index (χ2v) is 6.49. The van der Waals surface area contributed by atoms with Crippen LogP contribution in [-0.4, -0.2) is 83.7 Å². The number of hydrogen-bond donors (Lipinski definition) is 1. The van der Waals surface area contributed by atoms with Crippen molar-refractivity contribution in [2.45, 2.75) is 51.3 Å². The lowest BCUT2D eigenvalue weighted by atomic mass is 10.1.